The van der Waals surface area contributed by atoms with Gasteiger partial charge in [0.05, 0.1) is 11.1 Å². The summed E-state index contributed by atoms with van der Waals surface area (Å²) in [6.07, 6.45) is 0.779. The summed E-state index contributed by atoms with van der Waals surface area (Å²) in [6, 6.07) is -0.226. The minimum Gasteiger partial charge on any atom is -0.344 e. The number of alkyl halides is 1. The van der Waals surface area contributed by atoms with Gasteiger partial charge in [0.2, 0.25) is 5.91 Å². The predicted octanol–water partition coefficient (Wildman–Crippen LogP) is 1.78. The number of hydrogen-bond acceptors (Lipinski definition) is 3. The van der Waals surface area contributed by atoms with Crippen LogP contribution in [0.3, 0.4) is 0 Å². The Labute approximate surface area is 122 Å². The molecule has 7 heteroatoms. The molecular weight excluding hydrogens is 278 g/mol. The van der Waals surface area contributed by atoms with Crippen molar-refractivity contribution in [3.8, 4) is 0 Å². The zero-order valence-electron chi connectivity index (χ0n) is 12.1. The van der Waals surface area contributed by atoms with E-state index in [0.29, 0.717) is 0 Å². The fraction of sp³-hybridized carbons (Fsp3) is 0.615. The molecule has 1 fully saturated rings. The minimum atomic E-state index is -0.250. The Kier molecular flexibility index (Phi) is 3.01. The van der Waals surface area contributed by atoms with Gasteiger partial charge in [0.25, 0.3) is 0 Å². The lowest BCUT2D eigenvalue weighted by atomic mass is 10.2. The van der Waals surface area contributed by atoms with Crippen molar-refractivity contribution in [2.75, 3.05) is 13.6 Å². The number of aromatic nitrogens is 4. The van der Waals surface area contributed by atoms with Gasteiger partial charge in [-0.1, -0.05) is 0 Å². The molecule has 3 rings (SSSR count). The SMILES string of the molecule is Cc1nn(C)c2c1nc(C(C)Cl)n2C1CCN(C)C1=O. The number of nitrogens with zero attached hydrogens (tertiary/aromatic N) is 5. The van der Waals surface area contributed by atoms with Crippen LogP contribution in [0, 0.1) is 6.92 Å². The quantitative estimate of drug-likeness (QED) is 0.794. The van der Waals surface area contributed by atoms with Crippen LogP contribution in [-0.2, 0) is 11.8 Å². The Morgan fingerprint density at radius 1 is 1.40 bits per heavy atom. The van der Waals surface area contributed by atoms with Crippen LogP contribution < -0.4 is 0 Å². The Hall–Kier alpha value is -1.56. The number of amides is 1. The van der Waals surface area contributed by atoms with Gasteiger partial charge in [-0.3, -0.25) is 14.0 Å². The molecule has 0 aliphatic carbocycles. The van der Waals surface area contributed by atoms with Gasteiger partial charge >= 0.3 is 0 Å². The first-order valence-corrected chi connectivity index (χ1v) is 7.16. The monoisotopic (exact) mass is 295 g/mol. The molecule has 6 nitrogen and oxygen atoms in total. The van der Waals surface area contributed by atoms with Crippen LogP contribution >= 0.6 is 11.6 Å². The van der Waals surface area contributed by atoms with Crippen LogP contribution in [0.4, 0.5) is 0 Å². The lowest BCUT2D eigenvalue weighted by Gasteiger charge is -2.17. The standard InChI is InChI=1S/C13H18ClN5O/c1-7(14)11-15-10-8(2)16-18(4)12(10)19(11)9-5-6-17(3)13(9)20/h7,9H,5-6H2,1-4H3. The number of fused-ring (bicyclic) bond motifs is 1. The molecule has 0 radical (unpaired) electrons. The zero-order valence-corrected chi connectivity index (χ0v) is 12.8. The van der Waals surface area contributed by atoms with Crippen LogP contribution in [0.25, 0.3) is 11.2 Å². The van der Waals surface area contributed by atoms with Gasteiger partial charge in [0.1, 0.15) is 17.4 Å². The first-order valence-electron chi connectivity index (χ1n) is 6.72. The molecule has 2 atom stereocenters. The molecule has 2 aromatic rings. The second-order valence-corrected chi connectivity index (χ2v) is 6.06. The van der Waals surface area contributed by atoms with Gasteiger partial charge in [-0.25, -0.2) is 4.98 Å². The number of likely N-dealkylation sites (N-methyl/N-ethyl adjacent to an activating group) is 1. The summed E-state index contributed by atoms with van der Waals surface area (Å²) >= 11 is 6.27. The molecule has 0 saturated carbocycles. The van der Waals surface area contributed by atoms with Crippen molar-refractivity contribution < 1.29 is 4.79 Å². The normalized spacial score (nSPS) is 21.1. The van der Waals surface area contributed by atoms with Gasteiger partial charge in [0.15, 0.2) is 5.65 Å². The Morgan fingerprint density at radius 2 is 2.10 bits per heavy atom. The van der Waals surface area contributed by atoms with Crippen LogP contribution in [-0.4, -0.2) is 43.7 Å². The fourth-order valence-electron chi connectivity index (χ4n) is 2.94. The first kappa shape index (κ1) is 13.4. The molecule has 0 bridgehead atoms. The van der Waals surface area contributed by atoms with Crippen molar-refractivity contribution in [2.45, 2.75) is 31.7 Å². The molecule has 20 heavy (non-hydrogen) atoms. The number of halogens is 1. The molecule has 0 aromatic carbocycles. The van der Waals surface area contributed by atoms with Crippen molar-refractivity contribution in [1.29, 1.82) is 0 Å². The molecular formula is C13H18ClN5O. The van der Waals surface area contributed by atoms with E-state index in [-0.39, 0.29) is 17.3 Å². The summed E-state index contributed by atoms with van der Waals surface area (Å²) in [5.41, 5.74) is 2.56. The zero-order chi connectivity index (χ0) is 14.6. The Balaban J connectivity index is 2.26. The number of imidazole rings is 1. The largest absolute Gasteiger partial charge is 0.344 e. The summed E-state index contributed by atoms with van der Waals surface area (Å²) in [5, 5.41) is 4.14. The van der Waals surface area contributed by atoms with E-state index in [1.165, 1.54) is 0 Å². The summed E-state index contributed by atoms with van der Waals surface area (Å²) in [5.74, 6) is 0.855. The summed E-state index contributed by atoms with van der Waals surface area (Å²) in [6.45, 7) is 4.56. The number of aryl methyl sites for hydroxylation is 2. The van der Waals surface area contributed by atoms with Crippen molar-refractivity contribution in [3.05, 3.63) is 11.5 Å². The van der Waals surface area contributed by atoms with E-state index in [1.807, 2.05) is 32.5 Å². The third-order valence-electron chi connectivity index (χ3n) is 3.93. The maximum Gasteiger partial charge on any atom is 0.245 e. The van der Waals surface area contributed by atoms with Crippen molar-refractivity contribution in [2.24, 2.45) is 7.05 Å². The second-order valence-electron chi connectivity index (χ2n) is 5.40. The maximum atomic E-state index is 12.3. The average Bonchev–Trinajstić information content (AvgIpc) is 2.99. The summed E-state index contributed by atoms with van der Waals surface area (Å²) in [4.78, 5) is 18.7. The van der Waals surface area contributed by atoms with Crippen LogP contribution in [0.15, 0.2) is 0 Å². The predicted molar refractivity (Wildman–Crippen MR) is 76.8 cm³/mol. The van der Waals surface area contributed by atoms with Gasteiger partial charge in [-0.2, -0.15) is 5.10 Å². The van der Waals surface area contributed by atoms with Crippen LogP contribution in [0.5, 0.6) is 0 Å². The summed E-state index contributed by atoms with van der Waals surface area (Å²) in [7, 11) is 3.70. The van der Waals surface area contributed by atoms with Crippen molar-refractivity contribution in [1.82, 2.24) is 24.2 Å². The fourth-order valence-corrected chi connectivity index (χ4v) is 3.10. The average molecular weight is 296 g/mol. The third-order valence-corrected chi connectivity index (χ3v) is 4.12. The van der Waals surface area contributed by atoms with E-state index in [0.717, 1.165) is 35.6 Å². The number of carbonyl (C=O) groups is 1. The lowest BCUT2D eigenvalue weighted by molar-refractivity contribution is -0.129. The van der Waals surface area contributed by atoms with Crippen LogP contribution in [0.1, 0.15) is 36.3 Å². The molecule has 1 aliphatic rings. The van der Waals surface area contributed by atoms with Gasteiger partial charge in [0, 0.05) is 20.6 Å². The number of likely N-dealkylation sites (tertiary alicyclic amines) is 1. The maximum absolute atomic E-state index is 12.3. The molecule has 1 saturated heterocycles. The van der Waals surface area contributed by atoms with E-state index in [9.17, 15) is 4.79 Å². The topological polar surface area (TPSA) is 56.0 Å². The molecule has 0 N–H and O–H groups in total. The van der Waals surface area contributed by atoms with Crippen molar-refractivity contribution >= 4 is 28.7 Å². The van der Waals surface area contributed by atoms with E-state index in [4.69, 9.17) is 11.6 Å². The minimum absolute atomic E-state index is 0.113. The van der Waals surface area contributed by atoms with Gasteiger partial charge in [-0.15, -0.1) is 11.6 Å². The molecule has 0 spiro atoms. The van der Waals surface area contributed by atoms with Crippen molar-refractivity contribution in [3.63, 3.8) is 0 Å². The Morgan fingerprint density at radius 3 is 2.65 bits per heavy atom. The first-order chi connectivity index (χ1) is 9.41. The van der Waals surface area contributed by atoms with E-state index >= 15 is 0 Å². The highest BCUT2D eigenvalue weighted by molar-refractivity contribution is 6.20. The number of hydrogen-bond donors (Lipinski definition) is 0. The molecule has 1 aliphatic heterocycles. The molecule has 2 unspecified atom stereocenters. The molecule has 108 valence electrons. The van der Waals surface area contributed by atoms with E-state index in [1.54, 1.807) is 9.58 Å². The smallest absolute Gasteiger partial charge is 0.245 e. The van der Waals surface area contributed by atoms with E-state index in [2.05, 4.69) is 10.1 Å². The number of rotatable bonds is 2. The lowest BCUT2D eigenvalue weighted by Crippen LogP contribution is -2.26. The third kappa shape index (κ3) is 1.74. The summed E-state index contributed by atoms with van der Waals surface area (Å²) < 4.78 is 3.75. The molecule has 3 heterocycles. The van der Waals surface area contributed by atoms with Crippen LogP contribution in [0.2, 0.25) is 0 Å². The highest BCUT2D eigenvalue weighted by atomic mass is 35.5. The van der Waals surface area contributed by atoms with Gasteiger partial charge in [-0.05, 0) is 20.3 Å². The van der Waals surface area contributed by atoms with E-state index < -0.39 is 0 Å². The second kappa shape index (κ2) is 4.48. The Bertz CT molecular complexity index is 687. The highest BCUT2D eigenvalue weighted by Gasteiger charge is 2.35. The van der Waals surface area contributed by atoms with Gasteiger partial charge < -0.3 is 4.90 Å². The molecule has 1 amide bonds. The highest BCUT2D eigenvalue weighted by Crippen LogP contribution is 2.33. The molecule has 2 aromatic heterocycles. The number of carbonyl (C=O) groups excluding carboxylic acids is 1.